The summed E-state index contributed by atoms with van der Waals surface area (Å²) in [4.78, 5) is 9.08. The Labute approximate surface area is 163 Å². The topological polar surface area (TPSA) is 90.9 Å². The Morgan fingerprint density at radius 3 is 2.46 bits per heavy atom. The quantitative estimate of drug-likeness (QED) is 0.477. The number of aryl methyl sites for hydroxylation is 3. The Hall–Kier alpha value is -3.00. The summed E-state index contributed by atoms with van der Waals surface area (Å²) in [6, 6.07) is 18.1. The van der Waals surface area contributed by atoms with Gasteiger partial charge in [0.25, 0.3) is 0 Å². The third-order valence-corrected chi connectivity index (χ3v) is 5.36. The molecule has 2 aromatic heterocycles. The standard InChI is InChI=1S/C20H20N4O3S/c1-28(25,26)14-13-18-22-20(27-23-18)12-11-19-21-16-9-5-6-10-17(16)24(19)15-7-3-2-4-8-15/h2-10H,11-14H2,1H3. The number of benzene rings is 2. The Bertz CT molecular complexity index is 1200. The van der Waals surface area contributed by atoms with Crippen molar-refractivity contribution in [1.29, 1.82) is 0 Å². The van der Waals surface area contributed by atoms with E-state index in [1.165, 1.54) is 6.26 Å². The van der Waals surface area contributed by atoms with E-state index >= 15 is 0 Å². The highest BCUT2D eigenvalue weighted by atomic mass is 32.2. The number of hydrogen-bond acceptors (Lipinski definition) is 6. The molecule has 28 heavy (non-hydrogen) atoms. The van der Waals surface area contributed by atoms with E-state index in [0.29, 0.717) is 24.6 Å². The van der Waals surface area contributed by atoms with E-state index in [0.717, 1.165) is 22.5 Å². The molecule has 0 fully saturated rings. The lowest BCUT2D eigenvalue weighted by molar-refractivity contribution is 0.372. The van der Waals surface area contributed by atoms with Gasteiger partial charge < -0.3 is 4.52 Å². The molecular weight excluding hydrogens is 376 g/mol. The van der Waals surface area contributed by atoms with E-state index in [1.807, 2.05) is 48.5 Å². The van der Waals surface area contributed by atoms with Gasteiger partial charge in [0.2, 0.25) is 5.89 Å². The summed E-state index contributed by atoms with van der Waals surface area (Å²) in [6.45, 7) is 0. The predicted octanol–water partition coefficient (Wildman–Crippen LogP) is 2.78. The van der Waals surface area contributed by atoms with Gasteiger partial charge in [0.1, 0.15) is 15.7 Å². The molecule has 0 aliphatic carbocycles. The average molecular weight is 396 g/mol. The highest BCUT2D eigenvalue weighted by Gasteiger charge is 2.15. The molecule has 0 atom stereocenters. The molecule has 0 radical (unpaired) electrons. The van der Waals surface area contributed by atoms with Gasteiger partial charge >= 0.3 is 0 Å². The number of hydrogen-bond donors (Lipinski definition) is 0. The van der Waals surface area contributed by atoms with Crippen molar-refractivity contribution >= 4 is 20.9 Å². The lowest BCUT2D eigenvalue weighted by Crippen LogP contribution is -2.07. The monoisotopic (exact) mass is 396 g/mol. The van der Waals surface area contributed by atoms with Crippen LogP contribution in [0.4, 0.5) is 0 Å². The highest BCUT2D eigenvalue weighted by Crippen LogP contribution is 2.22. The van der Waals surface area contributed by atoms with Gasteiger partial charge in [-0.3, -0.25) is 4.57 Å². The fourth-order valence-corrected chi connectivity index (χ4v) is 3.65. The Morgan fingerprint density at radius 1 is 0.929 bits per heavy atom. The molecule has 8 heteroatoms. The number of rotatable bonds is 7. The Kier molecular flexibility index (Phi) is 4.95. The molecule has 0 spiro atoms. The van der Waals surface area contributed by atoms with Crippen LogP contribution < -0.4 is 0 Å². The lowest BCUT2D eigenvalue weighted by atomic mass is 10.2. The van der Waals surface area contributed by atoms with Crippen LogP contribution in [-0.2, 0) is 29.1 Å². The molecule has 4 rings (SSSR count). The van der Waals surface area contributed by atoms with Gasteiger partial charge in [-0.15, -0.1) is 0 Å². The maximum Gasteiger partial charge on any atom is 0.227 e. The van der Waals surface area contributed by atoms with E-state index in [1.54, 1.807) is 0 Å². The number of aromatic nitrogens is 4. The molecule has 2 aromatic carbocycles. The molecule has 0 aliphatic heterocycles. The zero-order chi connectivity index (χ0) is 19.6. The van der Waals surface area contributed by atoms with E-state index in [9.17, 15) is 8.42 Å². The van der Waals surface area contributed by atoms with E-state index in [-0.39, 0.29) is 12.2 Å². The van der Waals surface area contributed by atoms with Crippen molar-refractivity contribution in [2.75, 3.05) is 12.0 Å². The first kappa shape index (κ1) is 18.4. The van der Waals surface area contributed by atoms with Crippen molar-refractivity contribution in [2.24, 2.45) is 0 Å². The largest absolute Gasteiger partial charge is 0.339 e. The van der Waals surface area contributed by atoms with Gasteiger partial charge in [-0.1, -0.05) is 35.5 Å². The second-order valence-electron chi connectivity index (χ2n) is 6.67. The van der Waals surface area contributed by atoms with Crippen LogP contribution in [-0.4, -0.2) is 40.1 Å². The molecular formula is C20H20N4O3S. The summed E-state index contributed by atoms with van der Waals surface area (Å²) in [5.41, 5.74) is 3.02. The van der Waals surface area contributed by atoms with Gasteiger partial charge in [-0.05, 0) is 24.3 Å². The number of sulfone groups is 1. The molecule has 0 saturated carbocycles. The van der Waals surface area contributed by atoms with Crippen molar-refractivity contribution in [3.63, 3.8) is 0 Å². The third-order valence-electron chi connectivity index (χ3n) is 4.41. The molecule has 2 heterocycles. The normalized spacial score (nSPS) is 11.9. The second kappa shape index (κ2) is 7.55. The summed E-state index contributed by atoms with van der Waals surface area (Å²) in [5, 5.41) is 3.88. The fraction of sp³-hybridized carbons (Fsp3) is 0.250. The summed E-state index contributed by atoms with van der Waals surface area (Å²) >= 11 is 0. The van der Waals surface area contributed by atoms with Crippen LogP contribution in [0.15, 0.2) is 59.1 Å². The number of fused-ring (bicyclic) bond motifs is 1. The summed E-state index contributed by atoms with van der Waals surface area (Å²) in [6.07, 6.45) is 2.60. The molecule has 144 valence electrons. The van der Waals surface area contributed by atoms with Crippen LogP contribution in [0.2, 0.25) is 0 Å². The predicted molar refractivity (Wildman–Crippen MR) is 106 cm³/mol. The molecule has 0 bridgehead atoms. The minimum Gasteiger partial charge on any atom is -0.339 e. The lowest BCUT2D eigenvalue weighted by Gasteiger charge is -2.08. The van der Waals surface area contributed by atoms with Crippen molar-refractivity contribution in [2.45, 2.75) is 19.3 Å². The molecule has 0 N–H and O–H groups in total. The smallest absolute Gasteiger partial charge is 0.227 e. The first-order valence-corrected chi connectivity index (χ1v) is 11.1. The van der Waals surface area contributed by atoms with Crippen molar-refractivity contribution < 1.29 is 12.9 Å². The molecule has 7 nitrogen and oxygen atoms in total. The third kappa shape index (κ3) is 4.12. The highest BCUT2D eigenvalue weighted by molar-refractivity contribution is 7.90. The fourth-order valence-electron chi connectivity index (χ4n) is 3.10. The van der Waals surface area contributed by atoms with Gasteiger partial charge in [0.15, 0.2) is 5.82 Å². The van der Waals surface area contributed by atoms with Crippen molar-refractivity contribution in [1.82, 2.24) is 19.7 Å². The van der Waals surface area contributed by atoms with E-state index in [2.05, 4.69) is 20.8 Å². The molecule has 0 amide bonds. The van der Waals surface area contributed by atoms with Crippen LogP contribution in [0.1, 0.15) is 17.5 Å². The molecule has 0 saturated heterocycles. The van der Waals surface area contributed by atoms with Crippen molar-refractivity contribution in [3.05, 3.63) is 72.1 Å². The van der Waals surface area contributed by atoms with Gasteiger partial charge in [-0.2, -0.15) is 4.98 Å². The van der Waals surface area contributed by atoms with Gasteiger partial charge in [0.05, 0.1) is 16.8 Å². The van der Waals surface area contributed by atoms with Crippen LogP contribution in [0.3, 0.4) is 0 Å². The van der Waals surface area contributed by atoms with Gasteiger partial charge in [-0.25, -0.2) is 13.4 Å². The maximum absolute atomic E-state index is 11.3. The number of imidazole rings is 1. The van der Waals surface area contributed by atoms with E-state index < -0.39 is 9.84 Å². The van der Waals surface area contributed by atoms with Crippen LogP contribution >= 0.6 is 0 Å². The second-order valence-corrected chi connectivity index (χ2v) is 8.93. The Balaban J connectivity index is 1.57. The minimum atomic E-state index is -3.05. The average Bonchev–Trinajstić information content (AvgIpc) is 3.29. The SMILES string of the molecule is CS(=O)(=O)CCc1noc(CCc2nc3ccccc3n2-c2ccccc2)n1. The van der Waals surface area contributed by atoms with Crippen LogP contribution in [0, 0.1) is 0 Å². The number of para-hydroxylation sites is 3. The minimum absolute atomic E-state index is 0.00970. The first-order chi connectivity index (χ1) is 13.5. The molecule has 0 aliphatic rings. The maximum atomic E-state index is 11.3. The molecule has 0 unspecified atom stereocenters. The van der Waals surface area contributed by atoms with Crippen LogP contribution in [0.25, 0.3) is 16.7 Å². The van der Waals surface area contributed by atoms with Crippen molar-refractivity contribution in [3.8, 4) is 5.69 Å². The summed E-state index contributed by atoms with van der Waals surface area (Å²) < 4.78 is 30.0. The summed E-state index contributed by atoms with van der Waals surface area (Å²) in [7, 11) is -3.05. The first-order valence-electron chi connectivity index (χ1n) is 9.00. The van der Waals surface area contributed by atoms with Gasteiger partial charge in [0, 0.05) is 31.2 Å². The zero-order valence-electron chi connectivity index (χ0n) is 15.4. The zero-order valence-corrected chi connectivity index (χ0v) is 16.3. The molecule has 4 aromatic rings. The van der Waals surface area contributed by atoms with Crippen LogP contribution in [0.5, 0.6) is 0 Å². The summed E-state index contributed by atoms with van der Waals surface area (Å²) in [5.74, 6) is 1.81. The Morgan fingerprint density at radius 2 is 1.68 bits per heavy atom. The number of nitrogens with zero attached hydrogens (tertiary/aromatic N) is 4. The van der Waals surface area contributed by atoms with E-state index in [4.69, 9.17) is 9.51 Å².